The van der Waals surface area contributed by atoms with Gasteiger partial charge < -0.3 is 21.1 Å². The van der Waals surface area contributed by atoms with Gasteiger partial charge in [0.2, 0.25) is 0 Å². The third kappa shape index (κ3) is 6.84. The SMILES string of the molecule is C1CNCCN1.OCCC1CCCCN1. The summed E-state index contributed by atoms with van der Waals surface area (Å²) in [7, 11) is 0. The van der Waals surface area contributed by atoms with Gasteiger partial charge in [0, 0.05) is 38.8 Å². The fourth-order valence-electron chi connectivity index (χ4n) is 1.93. The smallest absolute Gasteiger partial charge is 0.0445 e. The molecule has 1 atom stereocenters. The Morgan fingerprint density at radius 2 is 1.60 bits per heavy atom. The van der Waals surface area contributed by atoms with E-state index in [1.54, 1.807) is 0 Å². The Morgan fingerprint density at radius 3 is 2.00 bits per heavy atom. The number of hydrogen-bond donors (Lipinski definition) is 4. The molecule has 0 aromatic carbocycles. The highest BCUT2D eigenvalue weighted by atomic mass is 16.3. The second kappa shape index (κ2) is 9.09. The van der Waals surface area contributed by atoms with Crippen molar-refractivity contribution in [1.82, 2.24) is 16.0 Å². The molecule has 2 aliphatic heterocycles. The van der Waals surface area contributed by atoms with E-state index < -0.39 is 0 Å². The van der Waals surface area contributed by atoms with Crippen molar-refractivity contribution in [2.45, 2.75) is 31.7 Å². The van der Waals surface area contributed by atoms with E-state index in [1.165, 1.54) is 19.3 Å². The van der Waals surface area contributed by atoms with Crippen molar-refractivity contribution in [3.63, 3.8) is 0 Å². The summed E-state index contributed by atoms with van der Waals surface area (Å²) in [6, 6.07) is 0.601. The average Bonchev–Trinajstić information content (AvgIpc) is 2.34. The fourth-order valence-corrected chi connectivity index (χ4v) is 1.93. The molecule has 2 fully saturated rings. The summed E-state index contributed by atoms with van der Waals surface area (Å²) in [5.41, 5.74) is 0. The zero-order chi connectivity index (χ0) is 10.8. The Kier molecular flexibility index (Phi) is 7.83. The molecule has 4 nitrogen and oxygen atoms in total. The van der Waals surface area contributed by atoms with Crippen molar-refractivity contribution in [3.05, 3.63) is 0 Å². The lowest BCUT2D eigenvalue weighted by Crippen LogP contribution is -2.39. The first-order chi connectivity index (χ1) is 7.43. The van der Waals surface area contributed by atoms with E-state index in [9.17, 15) is 0 Å². The van der Waals surface area contributed by atoms with Gasteiger partial charge in [-0.15, -0.1) is 0 Å². The van der Waals surface area contributed by atoms with Crippen LogP contribution in [0.5, 0.6) is 0 Å². The standard InChI is InChI=1S/C7H15NO.C4H10N2/c9-6-4-7-3-1-2-5-8-7;1-2-6-4-3-5-1/h7-9H,1-6H2;5-6H,1-4H2. The van der Waals surface area contributed by atoms with Crippen molar-refractivity contribution in [1.29, 1.82) is 0 Å². The first-order valence-electron chi connectivity index (χ1n) is 6.19. The first-order valence-corrected chi connectivity index (χ1v) is 6.19. The van der Waals surface area contributed by atoms with Crippen LogP contribution in [-0.4, -0.2) is 50.5 Å². The quantitative estimate of drug-likeness (QED) is 0.510. The Labute approximate surface area is 92.8 Å². The highest BCUT2D eigenvalue weighted by Crippen LogP contribution is 2.08. The highest BCUT2D eigenvalue weighted by molar-refractivity contribution is 4.70. The average molecular weight is 215 g/mol. The van der Waals surface area contributed by atoms with Gasteiger partial charge in [0.25, 0.3) is 0 Å². The largest absolute Gasteiger partial charge is 0.396 e. The van der Waals surface area contributed by atoms with E-state index in [1.807, 2.05) is 0 Å². The van der Waals surface area contributed by atoms with E-state index in [0.717, 1.165) is 39.1 Å². The fraction of sp³-hybridized carbons (Fsp3) is 1.00. The van der Waals surface area contributed by atoms with Gasteiger partial charge in [-0.2, -0.15) is 0 Å². The predicted octanol–water partition coefficient (Wildman–Crippen LogP) is -0.310. The van der Waals surface area contributed by atoms with E-state index in [4.69, 9.17) is 5.11 Å². The second-order valence-corrected chi connectivity index (χ2v) is 4.16. The van der Waals surface area contributed by atoms with E-state index in [0.29, 0.717) is 12.6 Å². The molecule has 2 aliphatic rings. The topological polar surface area (TPSA) is 56.3 Å². The van der Waals surface area contributed by atoms with Crippen LogP contribution < -0.4 is 16.0 Å². The molecule has 0 aliphatic carbocycles. The molecule has 0 spiro atoms. The molecular weight excluding hydrogens is 190 g/mol. The zero-order valence-electron chi connectivity index (χ0n) is 9.60. The van der Waals surface area contributed by atoms with Crippen LogP contribution in [0.3, 0.4) is 0 Å². The van der Waals surface area contributed by atoms with Gasteiger partial charge in [0.1, 0.15) is 0 Å². The summed E-state index contributed by atoms with van der Waals surface area (Å²) >= 11 is 0. The van der Waals surface area contributed by atoms with Crippen LogP contribution in [0.4, 0.5) is 0 Å². The summed E-state index contributed by atoms with van der Waals surface area (Å²) in [6.07, 6.45) is 4.82. The number of hydrogen-bond acceptors (Lipinski definition) is 4. The van der Waals surface area contributed by atoms with Crippen LogP contribution in [-0.2, 0) is 0 Å². The normalized spacial score (nSPS) is 26.6. The molecule has 15 heavy (non-hydrogen) atoms. The van der Waals surface area contributed by atoms with Gasteiger partial charge >= 0.3 is 0 Å². The van der Waals surface area contributed by atoms with Gasteiger partial charge in [-0.05, 0) is 25.8 Å². The van der Waals surface area contributed by atoms with Crippen LogP contribution in [0.2, 0.25) is 0 Å². The third-order valence-corrected chi connectivity index (χ3v) is 2.85. The van der Waals surface area contributed by atoms with Gasteiger partial charge in [0.15, 0.2) is 0 Å². The molecule has 0 aromatic rings. The Balaban J connectivity index is 0.000000162. The van der Waals surface area contributed by atoms with Crippen LogP contribution in [0.15, 0.2) is 0 Å². The molecule has 0 bridgehead atoms. The lowest BCUT2D eigenvalue weighted by Gasteiger charge is -2.22. The molecule has 0 aromatic heterocycles. The third-order valence-electron chi connectivity index (χ3n) is 2.85. The number of aliphatic hydroxyl groups is 1. The van der Waals surface area contributed by atoms with Gasteiger partial charge in [-0.3, -0.25) is 0 Å². The zero-order valence-corrected chi connectivity index (χ0v) is 9.60. The maximum Gasteiger partial charge on any atom is 0.0445 e. The van der Waals surface area contributed by atoms with Crippen molar-refractivity contribution in [2.24, 2.45) is 0 Å². The Morgan fingerprint density at radius 1 is 0.933 bits per heavy atom. The molecular formula is C11H25N3O. The number of piperidine rings is 1. The van der Waals surface area contributed by atoms with Crippen LogP contribution >= 0.6 is 0 Å². The molecule has 0 radical (unpaired) electrons. The van der Waals surface area contributed by atoms with Crippen molar-refractivity contribution >= 4 is 0 Å². The summed E-state index contributed by atoms with van der Waals surface area (Å²) in [6.45, 7) is 6.03. The van der Waals surface area contributed by atoms with Crippen LogP contribution in [0, 0.1) is 0 Å². The maximum absolute atomic E-state index is 8.58. The highest BCUT2D eigenvalue weighted by Gasteiger charge is 2.10. The monoisotopic (exact) mass is 215 g/mol. The molecule has 4 N–H and O–H groups in total. The molecule has 2 rings (SSSR count). The summed E-state index contributed by atoms with van der Waals surface area (Å²) in [5.74, 6) is 0. The second-order valence-electron chi connectivity index (χ2n) is 4.16. The molecule has 0 amide bonds. The van der Waals surface area contributed by atoms with E-state index in [-0.39, 0.29) is 0 Å². The van der Waals surface area contributed by atoms with Crippen molar-refractivity contribution in [3.8, 4) is 0 Å². The van der Waals surface area contributed by atoms with Crippen molar-refractivity contribution in [2.75, 3.05) is 39.3 Å². The molecule has 1 unspecified atom stereocenters. The van der Waals surface area contributed by atoms with Gasteiger partial charge in [-0.25, -0.2) is 0 Å². The number of rotatable bonds is 2. The van der Waals surface area contributed by atoms with E-state index in [2.05, 4.69) is 16.0 Å². The summed E-state index contributed by atoms with van der Waals surface area (Å²) in [4.78, 5) is 0. The molecule has 90 valence electrons. The summed E-state index contributed by atoms with van der Waals surface area (Å²) in [5, 5.41) is 18.4. The first kappa shape index (κ1) is 12.9. The summed E-state index contributed by atoms with van der Waals surface area (Å²) < 4.78 is 0. The minimum absolute atomic E-state index is 0.331. The van der Waals surface area contributed by atoms with E-state index >= 15 is 0 Å². The molecule has 4 heteroatoms. The Bertz CT molecular complexity index is 120. The molecule has 2 heterocycles. The predicted molar refractivity (Wildman–Crippen MR) is 63.1 cm³/mol. The molecule has 0 saturated carbocycles. The van der Waals surface area contributed by atoms with Crippen molar-refractivity contribution < 1.29 is 5.11 Å². The van der Waals surface area contributed by atoms with Gasteiger partial charge in [-0.1, -0.05) is 6.42 Å². The molecule has 2 saturated heterocycles. The lowest BCUT2D eigenvalue weighted by molar-refractivity contribution is 0.250. The minimum Gasteiger partial charge on any atom is -0.396 e. The minimum atomic E-state index is 0.331. The number of nitrogens with one attached hydrogen (secondary N) is 3. The van der Waals surface area contributed by atoms with Gasteiger partial charge in [0.05, 0.1) is 0 Å². The Hall–Kier alpha value is -0.160. The van der Waals surface area contributed by atoms with Crippen LogP contribution in [0.1, 0.15) is 25.7 Å². The van der Waals surface area contributed by atoms with Crippen LogP contribution in [0.25, 0.3) is 0 Å². The number of aliphatic hydroxyl groups excluding tert-OH is 1. The lowest BCUT2D eigenvalue weighted by atomic mass is 10.0. The number of piperazine rings is 1. The maximum atomic E-state index is 8.58.